The number of ether oxygens (including phenoxy) is 2. The summed E-state index contributed by atoms with van der Waals surface area (Å²) in [7, 11) is 1.61. The standard InChI is InChI=1S/C24H37N5O5S.CH2O/c1-4-34-23(31)24(18-26-9-14-33-3)8-7-21(17-30)29(24)35(32)28-12-10-27(11-13-28)22-6-5-20(16-25)15-19(22)2;1-2/h5-6,15,21,26,30H,4,7-14,17-18H2,1-3H3;1H2. The third-order valence-corrected chi connectivity index (χ3v) is 8.50. The fourth-order valence-electron chi connectivity index (χ4n) is 4.88. The largest absolute Gasteiger partial charge is 0.465 e. The lowest BCUT2D eigenvalue weighted by molar-refractivity contribution is -0.154. The van der Waals surface area contributed by atoms with Crippen LogP contribution in [0.15, 0.2) is 18.2 Å². The Morgan fingerprint density at radius 1 is 1.32 bits per heavy atom. The minimum atomic E-state index is -1.63. The van der Waals surface area contributed by atoms with Gasteiger partial charge in [-0.05, 0) is 50.5 Å². The fourth-order valence-corrected chi connectivity index (χ4v) is 6.56. The molecule has 206 valence electrons. The molecular formula is C25H39N5O6S. The second-order valence-electron chi connectivity index (χ2n) is 8.88. The van der Waals surface area contributed by atoms with E-state index < -0.39 is 28.7 Å². The highest BCUT2D eigenvalue weighted by Crippen LogP contribution is 2.37. The van der Waals surface area contributed by atoms with Crippen molar-refractivity contribution in [3.63, 3.8) is 0 Å². The first-order valence-electron chi connectivity index (χ1n) is 12.4. The molecule has 0 aromatic heterocycles. The second-order valence-corrected chi connectivity index (χ2v) is 10.3. The van der Waals surface area contributed by atoms with E-state index in [1.807, 2.05) is 36.2 Å². The molecule has 2 fully saturated rings. The van der Waals surface area contributed by atoms with E-state index in [9.17, 15) is 14.1 Å². The molecule has 3 unspecified atom stereocenters. The summed E-state index contributed by atoms with van der Waals surface area (Å²) in [6, 6.07) is 7.41. The number of hydrogen-bond donors (Lipinski definition) is 2. The van der Waals surface area contributed by atoms with Crippen LogP contribution in [0.5, 0.6) is 0 Å². The maximum Gasteiger partial charge on any atom is 0.328 e. The Bertz CT molecular complexity index is 952. The molecule has 2 heterocycles. The summed E-state index contributed by atoms with van der Waals surface area (Å²) in [5.74, 6) is -0.416. The van der Waals surface area contributed by atoms with Gasteiger partial charge in [-0.2, -0.15) is 9.57 Å². The smallest absolute Gasteiger partial charge is 0.328 e. The van der Waals surface area contributed by atoms with E-state index in [2.05, 4.69) is 16.3 Å². The SMILES string of the molecule is C=O.CCOC(=O)C1(CNCCOC)CCC(CO)N1S(=O)N1CCN(c2ccc(C#N)cc2C)CC1. The number of nitriles is 1. The first-order valence-corrected chi connectivity index (χ1v) is 13.5. The number of nitrogens with zero attached hydrogens (tertiary/aromatic N) is 4. The molecule has 1 aromatic rings. The van der Waals surface area contributed by atoms with E-state index in [0.717, 1.165) is 11.3 Å². The van der Waals surface area contributed by atoms with Gasteiger partial charge in [0, 0.05) is 58.1 Å². The van der Waals surface area contributed by atoms with Crippen LogP contribution < -0.4 is 10.2 Å². The number of aliphatic hydroxyl groups is 1. The zero-order chi connectivity index (χ0) is 27.4. The molecule has 37 heavy (non-hydrogen) atoms. The van der Waals surface area contributed by atoms with Crippen LogP contribution in [0.3, 0.4) is 0 Å². The summed E-state index contributed by atoms with van der Waals surface area (Å²) in [4.78, 5) is 23.4. The van der Waals surface area contributed by atoms with Crippen molar-refractivity contribution in [1.29, 1.82) is 5.26 Å². The van der Waals surface area contributed by atoms with Crippen LogP contribution in [0, 0.1) is 18.3 Å². The lowest BCUT2D eigenvalue weighted by Gasteiger charge is -2.42. The number of carbonyl (C=O) groups excluding carboxylic acids is 2. The molecule has 2 N–H and O–H groups in total. The molecule has 0 radical (unpaired) electrons. The molecular weight excluding hydrogens is 498 g/mol. The van der Waals surface area contributed by atoms with Gasteiger partial charge >= 0.3 is 5.97 Å². The number of anilines is 1. The molecule has 0 saturated carbocycles. The van der Waals surface area contributed by atoms with Crippen LogP contribution >= 0.6 is 0 Å². The second kappa shape index (κ2) is 15.1. The summed E-state index contributed by atoms with van der Waals surface area (Å²) in [5, 5.41) is 22.5. The van der Waals surface area contributed by atoms with Gasteiger partial charge < -0.3 is 29.6 Å². The Balaban J connectivity index is 0.00000235. The normalized spacial score (nSPS) is 23.1. The van der Waals surface area contributed by atoms with Crippen LogP contribution in [-0.4, -0.2) is 108 Å². The monoisotopic (exact) mass is 537 g/mol. The molecule has 2 saturated heterocycles. The summed E-state index contributed by atoms with van der Waals surface area (Å²) >= 11 is -1.63. The number of aliphatic hydroxyl groups excluding tert-OH is 1. The van der Waals surface area contributed by atoms with Crippen LogP contribution in [-0.2, 0) is 30.2 Å². The van der Waals surface area contributed by atoms with E-state index in [0.29, 0.717) is 57.7 Å². The van der Waals surface area contributed by atoms with Gasteiger partial charge in [-0.1, -0.05) is 0 Å². The quantitative estimate of drug-likeness (QED) is 0.303. The number of aryl methyl sites for hydroxylation is 1. The Kier molecular flexibility index (Phi) is 12.6. The Morgan fingerprint density at radius 2 is 2.03 bits per heavy atom. The molecule has 0 aliphatic carbocycles. The summed E-state index contributed by atoms with van der Waals surface area (Å²) in [6.07, 6.45) is 1.00. The Morgan fingerprint density at radius 3 is 2.59 bits per heavy atom. The molecule has 1 aromatic carbocycles. The van der Waals surface area contributed by atoms with E-state index >= 15 is 0 Å². The number of benzene rings is 1. The fraction of sp³-hybridized carbons (Fsp3) is 0.640. The maximum absolute atomic E-state index is 13.9. The van der Waals surface area contributed by atoms with Gasteiger partial charge in [0.2, 0.25) is 0 Å². The number of carbonyl (C=O) groups is 2. The van der Waals surface area contributed by atoms with Gasteiger partial charge in [0.15, 0.2) is 11.2 Å². The topological polar surface area (TPSA) is 135 Å². The van der Waals surface area contributed by atoms with Crippen molar-refractivity contribution in [2.45, 2.75) is 38.3 Å². The average molecular weight is 538 g/mol. The lowest BCUT2D eigenvalue weighted by Crippen LogP contribution is -2.63. The third-order valence-electron chi connectivity index (χ3n) is 6.71. The lowest BCUT2D eigenvalue weighted by atomic mass is 9.97. The molecule has 0 bridgehead atoms. The molecule has 11 nitrogen and oxygen atoms in total. The third kappa shape index (κ3) is 7.13. The van der Waals surface area contributed by atoms with Gasteiger partial charge in [0.05, 0.1) is 31.5 Å². The zero-order valence-corrected chi connectivity index (χ0v) is 22.8. The van der Waals surface area contributed by atoms with E-state index in [1.165, 1.54) is 0 Å². The Labute approximate surface area is 222 Å². The van der Waals surface area contributed by atoms with Crippen molar-refractivity contribution in [2.24, 2.45) is 0 Å². The first-order chi connectivity index (χ1) is 17.9. The van der Waals surface area contributed by atoms with Gasteiger partial charge in [-0.15, -0.1) is 0 Å². The molecule has 3 rings (SSSR count). The van der Waals surface area contributed by atoms with Gasteiger partial charge in [-0.25, -0.2) is 13.3 Å². The van der Waals surface area contributed by atoms with Gasteiger partial charge in [0.25, 0.3) is 0 Å². The maximum atomic E-state index is 13.9. The van der Waals surface area contributed by atoms with Crippen molar-refractivity contribution < 1.29 is 28.4 Å². The van der Waals surface area contributed by atoms with Gasteiger partial charge in [0.1, 0.15) is 12.3 Å². The molecule has 2 aliphatic rings. The van der Waals surface area contributed by atoms with E-state index in [1.54, 1.807) is 18.3 Å². The number of methoxy groups -OCH3 is 1. The first kappa shape index (κ1) is 30.8. The van der Waals surface area contributed by atoms with Crippen molar-refractivity contribution in [3.05, 3.63) is 29.3 Å². The Hall–Kier alpha value is -2.40. The van der Waals surface area contributed by atoms with Crippen molar-refractivity contribution in [1.82, 2.24) is 13.9 Å². The number of piperazine rings is 1. The van der Waals surface area contributed by atoms with Crippen molar-refractivity contribution >= 4 is 29.6 Å². The van der Waals surface area contributed by atoms with Crippen molar-refractivity contribution in [3.8, 4) is 6.07 Å². The highest BCUT2D eigenvalue weighted by atomic mass is 32.2. The summed E-state index contributed by atoms with van der Waals surface area (Å²) < 4.78 is 28.0. The minimum absolute atomic E-state index is 0.185. The molecule has 12 heteroatoms. The number of nitrogens with one attached hydrogen (secondary N) is 1. The van der Waals surface area contributed by atoms with Gasteiger partial charge in [-0.3, -0.25) is 0 Å². The summed E-state index contributed by atoms with van der Waals surface area (Å²) in [6.45, 7) is 9.49. The number of rotatable bonds is 11. The van der Waals surface area contributed by atoms with Crippen molar-refractivity contribution in [2.75, 3.05) is 71.1 Å². The van der Waals surface area contributed by atoms with Crippen LogP contribution in [0.1, 0.15) is 30.9 Å². The molecule has 0 spiro atoms. The minimum Gasteiger partial charge on any atom is -0.465 e. The molecule has 2 aliphatic heterocycles. The van der Waals surface area contributed by atoms with E-state index in [4.69, 9.17) is 19.5 Å². The summed E-state index contributed by atoms with van der Waals surface area (Å²) in [5.41, 5.74) is 1.60. The number of hydrogen-bond acceptors (Lipinski definition) is 9. The zero-order valence-electron chi connectivity index (χ0n) is 22.0. The highest BCUT2D eigenvalue weighted by molar-refractivity contribution is 7.80. The highest BCUT2D eigenvalue weighted by Gasteiger charge is 2.56. The average Bonchev–Trinajstić information content (AvgIpc) is 3.31. The van der Waals surface area contributed by atoms with Crippen LogP contribution in [0.4, 0.5) is 5.69 Å². The van der Waals surface area contributed by atoms with E-state index in [-0.39, 0.29) is 19.8 Å². The number of esters is 1. The predicted molar refractivity (Wildman–Crippen MR) is 141 cm³/mol. The van der Waals surface area contributed by atoms with Crippen LogP contribution in [0.2, 0.25) is 0 Å². The van der Waals surface area contributed by atoms with Crippen LogP contribution in [0.25, 0.3) is 0 Å². The predicted octanol–water partition coefficient (Wildman–Crippen LogP) is 0.377. The molecule has 0 amide bonds. The molecule has 3 atom stereocenters.